The van der Waals surface area contributed by atoms with Gasteiger partial charge in [0.2, 0.25) is 11.8 Å². The van der Waals surface area contributed by atoms with Gasteiger partial charge in [0, 0.05) is 47.9 Å². The summed E-state index contributed by atoms with van der Waals surface area (Å²) < 4.78 is 5.81. The molecule has 0 unspecified atom stereocenters. The van der Waals surface area contributed by atoms with Gasteiger partial charge in [-0.05, 0) is 80.3 Å². The van der Waals surface area contributed by atoms with Gasteiger partial charge in [0.25, 0.3) is 0 Å². The number of aryl methyl sites for hydroxylation is 2. The van der Waals surface area contributed by atoms with Crippen molar-refractivity contribution in [3.63, 3.8) is 0 Å². The molecule has 0 spiro atoms. The van der Waals surface area contributed by atoms with Crippen LogP contribution in [0.2, 0.25) is 0 Å². The molecule has 7 aromatic rings. The van der Waals surface area contributed by atoms with Gasteiger partial charge in [0.1, 0.15) is 28.3 Å². The predicted molar refractivity (Wildman–Crippen MR) is 244 cm³/mol. The topological polar surface area (TPSA) is 184 Å². The van der Waals surface area contributed by atoms with E-state index in [0.717, 1.165) is 63.5 Å². The van der Waals surface area contributed by atoms with Crippen molar-refractivity contribution >= 4 is 50.4 Å². The van der Waals surface area contributed by atoms with Gasteiger partial charge in [-0.2, -0.15) is 0 Å². The highest BCUT2D eigenvalue weighted by Crippen LogP contribution is 2.41. The van der Waals surface area contributed by atoms with Crippen molar-refractivity contribution in [2.24, 2.45) is 5.92 Å². The van der Waals surface area contributed by atoms with E-state index in [0.29, 0.717) is 34.5 Å². The molecule has 7 heterocycles. The van der Waals surface area contributed by atoms with Crippen molar-refractivity contribution in [3.05, 3.63) is 106 Å². The number of amides is 2. The number of aromatic nitrogens is 6. The molecular weight excluding hydrogens is 835 g/mol. The summed E-state index contributed by atoms with van der Waals surface area (Å²) in [6.07, 6.45) is 4.83. The Hall–Kier alpha value is -6.10. The van der Waals surface area contributed by atoms with E-state index in [9.17, 15) is 19.8 Å². The van der Waals surface area contributed by atoms with Crippen LogP contribution in [0.1, 0.15) is 85.4 Å². The molecule has 2 amide bonds. The number of carbonyl (C=O) groups excluding carboxylic acids is 2. The molecule has 2 saturated heterocycles. The van der Waals surface area contributed by atoms with Crippen LogP contribution in [0, 0.1) is 19.8 Å². The second-order valence-corrected chi connectivity index (χ2v) is 18.8. The molecule has 0 radical (unpaired) electrons. The quantitative estimate of drug-likeness (QED) is 0.113. The second-order valence-electron chi connectivity index (χ2n) is 16.9. The number of hydrogen-bond donors (Lipinski definition) is 3. The lowest BCUT2D eigenvalue weighted by Gasteiger charge is -2.33. The number of thiazole rings is 1. The molecule has 2 aliphatic rings. The summed E-state index contributed by atoms with van der Waals surface area (Å²) in [6.45, 7) is 11.6. The second kappa shape index (κ2) is 17.6. The largest absolute Gasteiger partial charge is 0.507 e. The number of rotatable bonds is 11. The van der Waals surface area contributed by atoms with Crippen molar-refractivity contribution in [1.29, 1.82) is 0 Å². The number of aliphatic hydroxyl groups is 1. The third-order valence-corrected chi connectivity index (χ3v) is 14.8. The number of thiophene rings is 1. The Balaban J connectivity index is 0.832. The molecule has 9 rings (SSSR count). The number of fused-ring (bicyclic) bond motifs is 1. The van der Waals surface area contributed by atoms with Gasteiger partial charge in [-0.15, -0.1) is 32.9 Å². The molecule has 14 nitrogen and oxygen atoms in total. The maximum absolute atomic E-state index is 14.3. The number of aromatic hydroxyl groups is 1. The van der Waals surface area contributed by atoms with Crippen LogP contribution < -0.4 is 10.2 Å². The summed E-state index contributed by atoms with van der Waals surface area (Å²) in [5.41, 5.74) is 8.66. The number of aliphatic hydroxyl groups excluding tert-OH is 1. The van der Waals surface area contributed by atoms with Crippen molar-refractivity contribution in [3.8, 4) is 39.0 Å². The highest BCUT2D eigenvalue weighted by Gasteiger charge is 2.43. The van der Waals surface area contributed by atoms with E-state index in [2.05, 4.69) is 47.4 Å². The number of hydrogen-bond acceptors (Lipinski definition) is 14. The number of nitrogens with zero attached hydrogens (tertiary/aromatic N) is 8. The molecular formula is C47H49N9O5S2. The van der Waals surface area contributed by atoms with Gasteiger partial charge in [0.05, 0.1) is 52.0 Å². The minimum atomic E-state index is -0.841. The average molecular weight is 884 g/mol. The van der Waals surface area contributed by atoms with E-state index in [1.54, 1.807) is 53.3 Å². The van der Waals surface area contributed by atoms with Gasteiger partial charge in [0.15, 0.2) is 11.5 Å². The smallest absolute Gasteiger partial charge is 0.243 e. The monoisotopic (exact) mass is 883 g/mol. The zero-order valence-corrected chi connectivity index (χ0v) is 37.4. The van der Waals surface area contributed by atoms with E-state index >= 15 is 0 Å². The van der Waals surface area contributed by atoms with Crippen LogP contribution in [0.25, 0.3) is 43.4 Å². The fourth-order valence-corrected chi connectivity index (χ4v) is 11.0. The molecule has 3 N–H and O–H groups in total. The minimum Gasteiger partial charge on any atom is -0.507 e. The molecule has 2 aromatic carbocycles. The number of piperidine rings is 1. The van der Waals surface area contributed by atoms with E-state index < -0.39 is 18.1 Å². The van der Waals surface area contributed by atoms with Crippen molar-refractivity contribution in [1.82, 2.24) is 40.5 Å². The molecule has 63 heavy (non-hydrogen) atoms. The highest BCUT2D eigenvalue weighted by atomic mass is 32.1. The van der Waals surface area contributed by atoms with Crippen LogP contribution in [0.15, 0.2) is 83.1 Å². The van der Waals surface area contributed by atoms with Crippen molar-refractivity contribution in [2.75, 3.05) is 24.5 Å². The Morgan fingerprint density at radius 1 is 0.937 bits per heavy atom. The molecule has 0 bridgehead atoms. The first-order valence-corrected chi connectivity index (χ1v) is 23.0. The third kappa shape index (κ3) is 8.42. The lowest BCUT2D eigenvalue weighted by atomic mass is 9.91. The molecule has 2 fully saturated rings. The van der Waals surface area contributed by atoms with Crippen LogP contribution in [-0.2, 0) is 9.59 Å². The Labute approximate surface area is 373 Å². The van der Waals surface area contributed by atoms with E-state index in [-0.39, 0.29) is 42.5 Å². The number of anilines is 1. The van der Waals surface area contributed by atoms with Crippen LogP contribution in [-0.4, -0.2) is 89.0 Å². The van der Waals surface area contributed by atoms with Crippen LogP contribution in [0.5, 0.6) is 5.75 Å². The summed E-state index contributed by atoms with van der Waals surface area (Å²) in [5.74, 6) is -0.275. The van der Waals surface area contributed by atoms with Gasteiger partial charge < -0.3 is 29.9 Å². The summed E-state index contributed by atoms with van der Waals surface area (Å²) in [5, 5.41) is 38.5. The first-order valence-electron chi connectivity index (χ1n) is 21.3. The molecule has 0 saturated carbocycles. The Morgan fingerprint density at radius 3 is 2.38 bits per heavy atom. The van der Waals surface area contributed by atoms with Crippen LogP contribution >= 0.6 is 22.7 Å². The molecule has 324 valence electrons. The molecule has 0 aliphatic carbocycles. The SMILES string of the molecule is Cc1ncsc1-c1ccc([C@H](C)NC(=O)[C@@H]2C[C@@H](O)CN2C(=O)[C@@H](c2cc(-c3ncc(N4CCC(c5sc6nnc(-c7ccccc7O)cc6c5C)CC4)cn3)no2)C(C)C)cc1. The number of nitrogens with one attached hydrogen (secondary N) is 1. The maximum Gasteiger partial charge on any atom is 0.243 e. The van der Waals surface area contributed by atoms with E-state index in [4.69, 9.17) is 4.52 Å². The Bertz CT molecular complexity index is 2760. The summed E-state index contributed by atoms with van der Waals surface area (Å²) in [4.78, 5) is 48.8. The third-order valence-electron chi connectivity index (χ3n) is 12.4. The average Bonchev–Trinajstić information content (AvgIpc) is 4.11. The van der Waals surface area contributed by atoms with E-state index in [1.165, 1.54) is 15.3 Å². The number of β-amino-alcohol motifs (C(OH)–C–C–N with tert-alkyl or cyclic N) is 1. The highest BCUT2D eigenvalue weighted by molar-refractivity contribution is 7.19. The number of carbonyl (C=O) groups is 2. The summed E-state index contributed by atoms with van der Waals surface area (Å²) in [7, 11) is 0. The first-order chi connectivity index (χ1) is 30.4. The number of benzene rings is 2. The fraction of sp³-hybridized carbons (Fsp3) is 0.362. The molecule has 2 aliphatic heterocycles. The predicted octanol–water partition coefficient (Wildman–Crippen LogP) is 8.21. The zero-order valence-electron chi connectivity index (χ0n) is 35.7. The van der Waals surface area contributed by atoms with Crippen molar-refractivity contribution < 1.29 is 24.3 Å². The molecule has 16 heteroatoms. The van der Waals surface area contributed by atoms with Crippen LogP contribution in [0.4, 0.5) is 5.69 Å². The Kier molecular flexibility index (Phi) is 11.8. The van der Waals surface area contributed by atoms with E-state index in [1.807, 2.05) is 75.7 Å². The fourth-order valence-electron chi connectivity index (χ4n) is 8.92. The van der Waals surface area contributed by atoms with Crippen molar-refractivity contribution in [2.45, 2.75) is 83.9 Å². The lowest BCUT2D eigenvalue weighted by molar-refractivity contribution is -0.141. The van der Waals surface area contributed by atoms with Gasteiger partial charge in [-0.3, -0.25) is 9.59 Å². The van der Waals surface area contributed by atoms with Gasteiger partial charge in [-0.25, -0.2) is 15.0 Å². The lowest BCUT2D eigenvalue weighted by Crippen LogP contribution is -2.48. The summed E-state index contributed by atoms with van der Waals surface area (Å²) in [6, 6.07) is 17.8. The number of phenols is 1. The number of phenolic OH excluding ortho intramolecular Hbond substituents is 1. The summed E-state index contributed by atoms with van der Waals surface area (Å²) >= 11 is 3.29. The normalized spacial score (nSPS) is 18.0. The molecule has 5 aromatic heterocycles. The van der Waals surface area contributed by atoms with Crippen LogP contribution in [0.3, 0.4) is 0 Å². The van der Waals surface area contributed by atoms with Gasteiger partial charge in [-0.1, -0.05) is 55.4 Å². The number of para-hydroxylation sites is 1. The first kappa shape index (κ1) is 42.2. The number of likely N-dealkylation sites (tertiary alicyclic amines) is 1. The maximum atomic E-state index is 14.3. The Morgan fingerprint density at radius 2 is 1.68 bits per heavy atom. The molecule has 4 atom stereocenters. The van der Waals surface area contributed by atoms with Gasteiger partial charge >= 0.3 is 0 Å². The minimum absolute atomic E-state index is 0.0420. The zero-order chi connectivity index (χ0) is 43.9. The standard InChI is InChI=1S/C47H49N9O5S2/c1-25(2)41(47(60)56-23-33(57)18-38(56)45(59)51-27(4)29-10-12-30(13-11-29)43-28(5)50-24-62-43)40-20-37(54-61-40)44-48-21-32(22-49-44)55-16-14-31(15-17-55)42-26(3)35-19-36(52-53-46(35)63-42)34-8-6-7-9-39(34)58/h6-13,19-22,24-25,27,31,33,38,41,57-58H,14-18,23H2,1-5H3,(H,51,59)/t27-,33+,38-,41+/m0/s1.